The van der Waals surface area contributed by atoms with Crippen molar-refractivity contribution >= 4 is 5.96 Å². The topological polar surface area (TPSA) is 72.1 Å². The molecule has 17 heavy (non-hydrogen) atoms. The Morgan fingerprint density at radius 1 is 1.65 bits per heavy atom. The molecule has 6 heteroatoms. The molecule has 1 fully saturated rings. The maximum atomic E-state index is 5.65. The van der Waals surface area contributed by atoms with Gasteiger partial charge in [0.05, 0.1) is 24.9 Å². The quantitative estimate of drug-likeness (QED) is 0.315. The Hall–Kier alpha value is -0.850. The number of aliphatic imine (C=N–C) groups is 1. The fourth-order valence-electron chi connectivity index (χ4n) is 1.89. The summed E-state index contributed by atoms with van der Waals surface area (Å²) in [5, 5.41) is 0. The molecule has 6 nitrogen and oxygen atoms in total. The Labute approximate surface area is 103 Å². The van der Waals surface area contributed by atoms with Crippen molar-refractivity contribution in [3.05, 3.63) is 0 Å². The van der Waals surface area contributed by atoms with Crippen LogP contribution in [0.15, 0.2) is 4.99 Å². The highest BCUT2D eigenvalue weighted by atomic mass is 16.5. The molecule has 0 aromatic carbocycles. The van der Waals surface area contributed by atoms with Gasteiger partial charge >= 0.3 is 0 Å². The van der Waals surface area contributed by atoms with Crippen LogP contribution in [-0.2, 0) is 9.47 Å². The van der Waals surface area contributed by atoms with Gasteiger partial charge in [0, 0.05) is 20.2 Å². The number of hydrogen-bond acceptors (Lipinski definition) is 4. The summed E-state index contributed by atoms with van der Waals surface area (Å²) in [6, 6.07) is 0.0806. The fourth-order valence-corrected chi connectivity index (χ4v) is 1.89. The zero-order valence-corrected chi connectivity index (χ0v) is 11.2. The van der Waals surface area contributed by atoms with Crippen molar-refractivity contribution in [3.63, 3.8) is 0 Å². The molecule has 0 spiro atoms. The molecule has 1 unspecified atom stereocenters. The number of hydrazine groups is 1. The third-order valence-electron chi connectivity index (χ3n) is 2.60. The van der Waals surface area contributed by atoms with Crippen LogP contribution in [0.25, 0.3) is 0 Å². The molecule has 3 N–H and O–H groups in total. The van der Waals surface area contributed by atoms with Gasteiger partial charge in [-0.15, -0.1) is 0 Å². The Kier molecular flexibility index (Phi) is 5.17. The molecular weight excluding hydrogens is 220 g/mol. The molecule has 0 bridgehead atoms. The largest absolute Gasteiger partial charge is 0.382 e. The summed E-state index contributed by atoms with van der Waals surface area (Å²) in [4.78, 5) is 6.61. The number of hydrogen-bond donors (Lipinski definition) is 2. The lowest BCUT2D eigenvalue weighted by atomic mass is 10.1. The molecule has 100 valence electrons. The van der Waals surface area contributed by atoms with Crippen molar-refractivity contribution in [3.8, 4) is 0 Å². The number of rotatable bonds is 3. The first-order valence-electron chi connectivity index (χ1n) is 5.91. The number of nitrogens with one attached hydrogen (secondary N) is 1. The number of ether oxygens (including phenoxy) is 2. The van der Waals surface area contributed by atoms with E-state index in [0.29, 0.717) is 19.2 Å². The molecule has 1 rings (SSSR count). The standard InChI is InChI=1S/C11H24N4O2/c1-9(7-16-4)13-10(14-12)15-5-6-17-11(2,3)8-15/h9H,5-8,12H2,1-4H3,(H,13,14). The van der Waals surface area contributed by atoms with Crippen molar-refractivity contribution in [2.75, 3.05) is 33.4 Å². The van der Waals surface area contributed by atoms with Gasteiger partial charge in [0.15, 0.2) is 0 Å². The Bertz CT molecular complexity index is 268. The van der Waals surface area contributed by atoms with Crippen LogP contribution < -0.4 is 11.3 Å². The van der Waals surface area contributed by atoms with Crippen molar-refractivity contribution in [2.24, 2.45) is 10.8 Å². The molecular formula is C11H24N4O2. The monoisotopic (exact) mass is 244 g/mol. The van der Waals surface area contributed by atoms with Gasteiger partial charge in [-0.05, 0) is 20.8 Å². The average Bonchev–Trinajstić information content (AvgIpc) is 2.25. The van der Waals surface area contributed by atoms with E-state index in [-0.39, 0.29) is 11.6 Å². The lowest BCUT2D eigenvalue weighted by Gasteiger charge is -2.39. The number of nitrogens with zero attached hydrogens (tertiary/aromatic N) is 2. The van der Waals surface area contributed by atoms with Crippen LogP contribution in [0, 0.1) is 0 Å². The smallest absolute Gasteiger partial charge is 0.208 e. The van der Waals surface area contributed by atoms with Gasteiger partial charge in [-0.25, -0.2) is 10.8 Å². The van der Waals surface area contributed by atoms with Crippen LogP contribution >= 0.6 is 0 Å². The summed E-state index contributed by atoms with van der Waals surface area (Å²) in [7, 11) is 1.67. The first-order chi connectivity index (χ1) is 7.98. The maximum Gasteiger partial charge on any atom is 0.208 e. The third-order valence-corrected chi connectivity index (χ3v) is 2.60. The lowest BCUT2D eigenvalue weighted by molar-refractivity contribution is -0.0686. The summed E-state index contributed by atoms with van der Waals surface area (Å²) >= 11 is 0. The van der Waals surface area contributed by atoms with Gasteiger partial charge < -0.3 is 14.4 Å². The number of guanidine groups is 1. The lowest BCUT2D eigenvalue weighted by Crippen LogP contribution is -2.55. The highest BCUT2D eigenvalue weighted by Gasteiger charge is 2.28. The molecule has 0 aromatic rings. The van der Waals surface area contributed by atoms with Crippen LogP contribution in [-0.4, -0.2) is 55.9 Å². The summed E-state index contributed by atoms with van der Waals surface area (Å²) in [6.45, 7) is 8.96. The van der Waals surface area contributed by atoms with Crippen molar-refractivity contribution in [1.82, 2.24) is 10.3 Å². The molecule has 0 radical (unpaired) electrons. The predicted molar refractivity (Wildman–Crippen MR) is 67.7 cm³/mol. The summed E-state index contributed by atoms with van der Waals surface area (Å²) in [5.41, 5.74) is 2.50. The summed E-state index contributed by atoms with van der Waals surface area (Å²) < 4.78 is 10.7. The Morgan fingerprint density at radius 2 is 2.35 bits per heavy atom. The van der Waals surface area contributed by atoms with Gasteiger partial charge in [0.1, 0.15) is 0 Å². The van der Waals surface area contributed by atoms with Crippen molar-refractivity contribution < 1.29 is 9.47 Å². The number of nitrogens with two attached hydrogens (primary N) is 1. The molecule has 1 saturated heterocycles. The van der Waals surface area contributed by atoms with E-state index in [1.807, 2.05) is 6.92 Å². The minimum absolute atomic E-state index is 0.0806. The van der Waals surface area contributed by atoms with Crippen LogP contribution in [0.1, 0.15) is 20.8 Å². The van der Waals surface area contributed by atoms with E-state index < -0.39 is 0 Å². The molecule has 0 saturated carbocycles. The second kappa shape index (κ2) is 6.18. The normalized spacial score (nSPS) is 22.4. The molecule has 0 amide bonds. The van der Waals surface area contributed by atoms with Gasteiger partial charge in [0.25, 0.3) is 0 Å². The zero-order valence-electron chi connectivity index (χ0n) is 11.2. The summed E-state index contributed by atoms with van der Waals surface area (Å²) in [5.74, 6) is 6.23. The molecule has 1 aliphatic heterocycles. The predicted octanol–water partition coefficient (Wildman–Crippen LogP) is -0.0486. The van der Waals surface area contributed by atoms with E-state index >= 15 is 0 Å². The minimum atomic E-state index is -0.166. The fraction of sp³-hybridized carbons (Fsp3) is 0.909. The highest BCUT2D eigenvalue weighted by molar-refractivity contribution is 5.79. The van der Waals surface area contributed by atoms with Gasteiger partial charge in [-0.3, -0.25) is 5.43 Å². The van der Waals surface area contributed by atoms with Gasteiger partial charge in [0.2, 0.25) is 5.96 Å². The Balaban J connectivity index is 2.66. The molecule has 1 aliphatic rings. The van der Waals surface area contributed by atoms with Crippen LogP contribution in [0.5, 0.6) is 0 Å². The SMILES string of the molecule is COCC(C)N=C(NN)N1CCOC(C)(C)C1. The minimum Gasteiger partial charge on any atom is -0.382 e. The van der Waals surface area contributed by atoms with E-state index in [1.54, 1.807) is 7.11 Å². The van der Waals surface area contributed by atoms with Gasteiger partial charge in [-0.1, -0.05) is 0 Å². The van der Waals surface area contributed by atoms with E-state index in [4.69, 9.17) is 15.3 Å². The number of morpholine rings is 1. The zero-order chi connectivity index (χ0) is 12.9. The van der Waals surface area contributed by atoms with Crippen LogP contribution in [0.3, 0.4) is 0 Å². The number of methoxy groups -OCH3 is 1. The molecule has 0 aromatic heterocycles. The third kappa shape index (κ3) is 4.49. The van der Waals surface area contributed by atoms with E-state index in [9.17, 15) is 0 Å². The van der Waals surface area contributed by atoms with Crippen molar-refractivity contribution in [1.29, 1.82) is 0 Å². The molecule has 1 atom stereocenters. The molecule has 0 aliphatic carbocycles. The van der Waals surface area contributed by atoms with E-state index in [0.717, 1.165) is 13.1 Å². The van der Waals surface area contributed by atoms with Crippen LogP contribution in [0.2, 0.25) is 0 Å². The highest BCUT2D eigenvalue weighted by Crippen LogP contribution is 2.16. The average molecular weight is 244 g/mol. The first-order valence-corrected chi connectivity index (χ1v) is 5.91. The maximum absolute atomic E-state index is 5.65. The second-order valence-electron chi connectivity index (χ2n) is 4.93. The summed E-state index contributed by atoms with van der Waals surface area (Å²) in [6.07, 6.45) is 0. The Morgan fingerprint density at radius 3 is 2.88 bits per heavy atom. The van der Waals surface area contributed by atoms with Crippen LogP contribution in [0.4, 0.5) is 0 Å². The van der Waals surface area contributed by atoms with E-state index in [1.165, 1.54) is 0 Å². The van der Waals surface area contributed by atoms with Gasteiger partial charge in [-0.2, -0.15) is 0 Å². The molecule has 1 heterocycles. The first kappa shape index (κ1) is 14.2. The van der Waals surface area contributed by atoms with E-state index in [2.05, 4.69) is 29.2 Å². The second-order valence-corrected chi connectivity index (χ2v) is 4.93. The van der Waals surface area contributed by atoms with Crippen molar-refractivity contribution in [2.45, 2.75) is 32.4 Å².